The molecule has 0 fully saturated rings. The molecule has 0 bridgehead atoms. The zero-order valence-corrected chi connectivity index (χ0v) is 8.16. The molecule has 0 aromatic carbocycles. The lowest BCUT2D eigenvalue weighted by Gasteiger charge is -2.00. The molecule has 1 heterocycles. The van der Waals surface area contributed by atoms with Crippen LogP contribution in [0.15, 0.2) is 4.52 Å². The summed E-state index contributed by atoms with van der Waals surface area (Å²) in [5.41, 5.74) is 0. The van der Waals surface area contributed by atoms with Crippen molar-refractivity contribution in [2.75, 3.05) is 0 Å². The molecule has 0 aliphatic rings. The quantitative estimate of drug-likeness (QED) is 0.758. The Morgan fingerprint density at radius 2 is 2.15 bits per heavy atom. The second-order valence-electron chi connectivity index (χ2n) is 3.10. The smallest absolute Gasteiger partial charge is 0.226 e. The standard InChI is InChI=1S/C9H16N2O2/c1-3-5-7(12)9-10-8(6-4-2)13-11-9/h7,12H,3-6H2,1-2H3. The van der Waals surface area contributed by atoms with E-state index in [2.05, 4.69) is 10.1 Å². The van der Waals surface area contributed by atoms with Gasteiger partial charge in [0.25, 0.3) is 0 Å². The monoisotopic (exact) mass is 184 g/mol. The van der Waals surface area contributed by atoms with E-state index in [0.29, 0.717) is 18.1 Å². The summed E-state index contributed by atoms with van der Waals surface area (Å²) in [6.07, 6.45) is 2.79. The van der Waals surface area contributed by atoms with Gasteiger partial charge in [0.1, 0.15) is 6.10 Å². The Morgan fingerprint density at radius 3 is 2.77 bits per heavy atom. The molecule has 1 rings (SSSR count). The lowest BCUT2D eigenvalue weighted by atomic mass is 10.2. The molecule has 0 saturated carbocycles. The van der Waals surface area contributed by atoms with Crippen LogP contribution in [0.25, 0.3) is 0 Å². The summed E-state index contributed by atoms with van der Waals surface area (Å²) in [6.45, 7) is 4.06. The minimum Gasteiger partial charge on any atom is -0.385 e. The van der Waals surface area contributed by atoms with Crippen molar-refractivity contribution < 1.29 is 9.63 Å². The van der Waals surface area contributed by atoms with Crippen molar-refractivity contribution in [1.82, 2.24) is 10.1 Å². The van der Waals surface area contributed by atoms with E-state index in [1.807, 2.05) is 13.8 Å². The first kappa shape index (κ1) is 10.2. The van der Waals surface area contributed by atoms with E-state index >= 15 is 0 Å². The largest absolute Gasteiger partial charge is 0.385 e. The third-order valence-corrected chi connectivity index (χ3v) is 1.81. The van der Waals surface area contributed by atoms with Gasteiger partial charge in [-0.1, -0.05) is 25.4 Å². The van der Waals surface area contributed by atoms with Crippen molar-refractivity contribution in [3.05, 3.63) is 11.7 Å². The van der Waals surface area contributed by atoms with Crippen LogP contribution in [0.2, 0.25) is 0 Å². The maximum absolute atomic E-state index is 9.52. The van der Waals surface area contributed by atoms with E-state index in [4.69, 9.17) is 4.52 Å². The van der Waals surface area contributed by atoms with Crippen LogP contribution in [0, 0.1) is 0 Å². The highest BCUT2D eigenvalue weighted by Gasteiger charge is 2.13. The molecule has 0 spiro atoms. The molecule has 4 nitrogen and oxygen atoms in total. The van der Waals surface area contributed by atoms with Gasteiger partial charge in [0, 0.05) is 6.42 Å². The first-order valence-electron chi connectivity index (χ1n) is 4.78. The average molecular weight is 184 g/mol. The first-order chi connectivity index (χ1) is 6.27. The summed E-state index contributed by atoms with van der Waals surface area (Å²) in [6, 6.07) is 0. The molecule has 1 aromatic heterocycles. The van der Waals surface area contributed by atoms with Crippen molar-refractivity contribution in [2.24, 2.45) is 0 Å². The normalized spacial score (nSPS) is 13.2. The number of aliphatic hydroxyl groups is 1. The average Bonchev–Trinajstić information content (AvgIpc) is 2.54. The maximum Gasteiger partial charge on any atom is 0.226 e. The van der Waals surface area contributed by atoms with Crippen LogP contribution in [-0.2, 0) is 6.42 Å². The van der Waals surface area contributed by atoms with Crippen molar-refractivity contribution in [1.29, 1.82) is 0 Å². The first-order valence-corrected chi connectivity index (χ1v) is 4.78. The third kappa shape index (κ3) is 2.81. The van der Waals surface area contributed by atoms with Crippen molar-refractivity contribution in [3.63, 3.8) is 0 Å². The van der Waals surface area contributed by atoms with Gasteiger partial charge in [-0.2, -0.15) is 4.98 Å². The Balaban J connectivity index is 2.56. The molecule has 1 atom stereocenters. The number of aryl methyl sites for hydroxylation is 1. The van der Waals surface area contributed by atoms with Gasteiger partial charge in [0.05, 0.1) is 0 Å². The fourth-order valence-corrected chi connectivity index (χ4v) is 1.12. The van der Waals surface area contributed by atoms with E-state index in [0.717, 1.165) is 19.3 Å². The summed E-state index contributed by atoms with van der Waals surface area (Å²) in [5, 5.41) is 13.2. The third-order valence-electron chi connectivity index (χ3n) is 1.81. The second-order valence-corrected chi connectivity index (χ2v) is 3.10. The van der Waals surface area contributed by atoms with Gasteiger partial charge in [0.2, 0.25) is 5.89 Å². The maximum atomic E-state index is 9.52. The van der Waals surface area contributed by atoms with Gasteiger partial charge in [-0.3, -0.25) is 0 Å². The van der Waals surface area contributed by atoms with Crippen LogP contribution in [0.4, 0.5) is 0 Å². The lowest BCUT2D eigenvalue weighted by molar-refractivity contribution is 0.152. The SMILES string of the molecule is CCCc1nc(C(O)CCC)no1. The number of rotatable bonds is 5. The van der Waals surface area contributed by atoms with Gasteiger partial charge in [-0.25, -0.2) is 0 Å². The number of hydrogen-bond donors (Lipinski definition) is 1. The van der Waals surface area contributed by atoms with Gasteiger partial charge in [0.15, 0.2) is 5.82 Å². The Morgan fingerprint density at radius 1 is 1.38 bits per heavy atom. The van der Waals surface area contributed by atoms with Crippen molar-refractivity contribution in [2.45, 2.75) is 45.6 Å². The van der Waals surface area contributed by atoms with Crippen molar-refractivity contribution >= 4 is 0 Å². The number of nitrogens with zero attached hydrogens (tertiary/aromatic N) is 2. The highest BCUT2D eigenvalue weighted by molar-refractivity contribution is 4.90. The van der Waals surface area contributed by atoms with Gasteiger partial charge >= 0.3 is 0 Å². The van der Waals surface area contributed by atoms with Crippen LogP contribution in [0.1, 0.15) is 50.9 Å². The predicted octanol–water partition coefficient (Wildman–Crippen LogP) is 1.86. The Kier molecular flexibility index (Phi) is 3.89. The second kappa shape index (κ2) is 4.97. The molecule has 0 aliphatic heterocycles. The topological polar surface area (TPSA) is 59.2 Å². The number of hydrogen-bond acceptors (Lipinski definition) is 4. The molecule has 0 aliphatic carbocycles. The molecule has 1 unspecified atom stereocenters. The Labute approximate surface area is 78.0 Å². The molecule has 13 heavy (non-hydrogen) atoms. The fraction of sp³-hybridized carbons (Fsp3) is 0.778. The summed E-state index contributed by atoms with van der Waals surface area (Å²) in [5.74, 6) is 1.04. The fourth-order valence-electron chi connectivity index (χ4n) is 1.12. The number of aromatic nitrogens is 2. The molecule has 0 amide bonds. The minimum absolute atomic E-state index is 0.422. The Bertz CT molecular complexity index is 248. The van der Waals surface area contributed by atoms with Crippen LogP contribution >= 0.6 is 0 Å². The van der Waals surface area contributed by atoms with Crippen LogP contribution < -0.4 is 0 Å². The van der Waals surface area contributed by atoms with E-state index in [1.165, 1.54) is 0 Å². The van der Waals surface area contributed by atoms with E-state index in [9.17, 15) is 5.11 Å². The highest BCUT2D eigenvalue weighted by Crippen LogP contribution is 2.14. The molecule has 4 heteroatoms. The molecule has 0 radical (unpaired) electrons. The van der Waals surface area contributed by atoms with Gasteiger partial charge in [-0.05, 0) is 12.8 Å². The van der Waals surface area contributed by atoms with Crippen LogP contribution in [0.3, 0.4) is 0 Å². The summed E-state index contributed by atoms with van der Waals surface area (Å²) in [7, 11) is 0. The highest BCUT2D eigenvalue weighted by atomic mass is 16.5. The van der Waals surface area contributed by atoms with E-state index in [-0.39, 0.29) is 0 Å². The zero-order valence-electron chi connectivity index (χ0n) is 8.16. The van der Waals surface area contributed by atoms with Gasteiger partial charge < -0.3 is 9.63 Å². The molecular weight excluding hydrogens is 168 g/mol. The molecular formula is C9H16N2O2. The lowest BCUT2D eigenvalue weighted by Crippen LogP contribution is -1.99. The zero-order chi connectivity index (χ0) is 9.68. The molecule has 1 aromatic rings. The predicted molar refractivity (Wildman–Crippen MR) is 48.2 cm³/mol. The van der Waals surface area contributed by atoms with E-state index < -0.39 is 6.10 Å². The van der Waals surface area contributed by atoms with Gasteiger partial charge in [-0.15, -0.1) is 0 Å². The molecule has 0 saturated heterocycles. The Hall–Kier alpha value is -0.900. The molecule has 1 N–H and O–H groups in total. The summed E-state index contributed by atoms with van der Waals surface area (Å²) in [4.78, 5) is 4.09. The van der Waals surface area contributed by atoms with Crippen molar-refractivity contribution in [3.8, 4) is 0 Å². The summed E-state index contributed by atoms with van der Waals surface area (Å²) >= 11 is 0. The van der Waals surface area contributed by atoms with E-state index in [1.54, 1.807) is 0 Å². The number of aliphatic hydroxyl groups excluding tert-OH is 1. The summed E-state index contributed by atoms with van der Waals surface area (Å²) < 4.78 is 4.95. The van der Waals surface area contributed by atoms with Crippen LogP contribution in [0.5, 0.6) is 0 Å². The molecule has 74 valence electrons. The minimum atomic E-state index is -0.570. The van der Waals surface area contributed by atoms with Crippen LogP contribution in [-0.4, -0.2) is 15.2 Å².